The minimum Gasteiger partial charge on any atom is -0.308 e. The molecule has 3 heteroatoms. The quantitative estimate of drug-likeness (QED) is 0.241. The molecule has 0 spiro atoms. The van der Waals surface area contributed by atoms with Crippen molar-refractivity contribution >= 4 is 64.3 Å². The first-order valence-electron chi connectivity index (χ1n) is 11.9. The lowest BCUT2D eigenvalue weighted by Gasteiger charge is -2.08. The molecule has 164 valence electrons. The van der Waals surface area contributed by atoms with Crippen molar-refractivity contribution in [1.82, 2.24) is 9.13 Å². The van der Waals surface area contributed by atoms with Crippen molar-refractivity contribution in [1.29, 1.82) is 0 Å². The predicted octanol–water partition coefficient (Wildman–Crippen LogP) is 9.10. The van der Waals surface area contributed by atoms with E-state index in [9.17, 15) is 0 Å². The second-order valence-electron chi connectivity index (χ2n) is 9.00. The molecule has 3 heterocycles. The zero-order valence-electron chi connectivity index (χ0n) is 18.8. The van der Waals surface area contributed by atoms with Gasteiger partial charge in [-0.3, -0.25) is 0 Å². The Morgan fingerprint density at radius 3 is 1.69 bits per heavy atom. The van der Waals surface area contributed by atoms with Gasteiger partial charge in [0.05, 0.1) is 21.3 Å². The van der Waals surface area contributed by atoms with Crippen LogP contribution in [0.1, 0.15) is 0 Å². The number of nitrogens with zero attached hydrogens (tertiary/aromatic N) is 2. The first kappa shape index (κ1) is 19.0. The Balaban J connectivity index is 1.62. The number of aromatic nitrogens is 2. The number of para-hydroxylation sites is 4. The van der Waals surface area contributed by atoms with Gasteiger partial charge in [0.25, 0.3) is 0 Å². The summed E-state index contributed by atoms with van der Waals surface area (Å²) in [4.78, 5) is 1.30. The summed E-state index contributed by atoms with van der Waals surface area (Å²) < 4.78 is 6.21. The summed E-state index contributed by atoms with van der Waals surface area (Å²) in [6.45, 7) is 0. The molecule has 0 aliphatic heterocycles. The van der Waals surface area contributed by atoms with E-state index in [1.807, 2.05) is 11.3 Å². The van der Waals surface area contributed by atoms with E-state index in [0.29, 0.717) is 0 Å². The highest BCUT2D eigenvalue weighted by Gasteiger charge is 2.21. The van der Waals surface area contributed by atoms with Crippen molar-refractivity contribution in [3.8, 4) is 11.4 Å². The molecular weight excluding hydrogens is 444 g/mol. The molecule has 0 aliphatic carbocycles. The molecular formula is C32H20N2S. The van der Waals surface area contributed by atoms with Crippen molar-refractivity contribution in [2.45, 2.75) is 0 Å². The lowest BCUT2D eigenvalue weighted by atomic mass is 10.1. The Morgan fingerprint density at radius 2 is 0.971 bits per heavy atom. The molecule has 5 aromatic carbocycles. The van der Waals surface area contributed by atoms with Gasteiger partial charge < -0.3 is 9.13 Å². The summed E-state index contributed by atoms with van der Waals surface area (Å²) >= 11 is 1.90. The van der Waals surface area contributed by atoms with E-state index in [1.165, 1.54) is 64.4 Å². The Labute approximate surface area is 205 Å². The van der Waals surface area contributed by atoms with Gasteiger partial charge in [0.1, 0.15) is 4.83 Å². The summed E-state index contributed by atoms with van der Waals surface area (Å²) in [5, 5.41) is 6.57. The summed E-state index contributed by atoms with van der Waals surface area (Å²) in [5.74, 6) is 0. The Bertz CT molecular complexity index is 2040. The van der Waals surface area contributed by atoms with Crippen molar-refractivity contribution in [2.75, 3.05) is 0 Å². The third-order valence-electron chi connectivity index (χ3n) is 7.12. The van der Waals surface area contributed by atoms with Gasteiger partial charge in [-0.25, -0.2) is 0 Å². The monoisotopic (exact) mass is 464 g/mol. The lowest BCUT2D eigenvalue weighted by Crippen LogP contribution is -1.93. The van der Waals surface area contributed by atoms with Gasteiger partial charge in [0, 0.05) is 38.3 Å². The normalized spacial score (nSPS) is 12.0. The van der Waals surface area contributed by atoms with E-state index < -0.39 is 0 Å². The maximum absolute atomic E-state index is 2.44. The molecule has 8 rings (SSSR count). The number of rotatable bonds is 2. The highest BCUT2D eigenvalue weighted by Crippen LogP contribution is 2.46. The number of thiophene rings is 1. The van der Waals surface area contributed by atoms with Crippen LogP contribution in [0.5, 0.6) is 0 Å². The summed E-state index contributed by atoms with van der Waals surface area (Å²) in [7, 11) is 0. The third kappa shape index (κ3) is 2.53. The zero-order chi connectivity index (χ0) is 22.9. The van der Waals surface area contributed by atoms with Crippen LogP contribution in [-0.2, 0) is 0 Å². The Kier molecular flexibility index (Phi) is 3.85. The smallest absolute Gasteiger partial charge is 0.109 e. The molecule has 2 nitrogen and oxygen atoms in total. The Morgan fingerprint density at radius 1 is 0.429 bits per heavy atom. The number of benzene rings is 5. The fourth-order valence-corrected chi connectivity index (χ4v) is 7.06. The molecule has 0 saturated carbocycles. The van der Waals surface area contributed by atoms with Gasteiger partial charge in [-0.2, -0.15) is 0 Å². The fraction of sp³-hybridized carbons (Fsp3) is 0. The van der Waals surface area contributed by atoms with Crippen LogP contribution < -0.4 is 0 Å². The minimum atomic E-state index is 1.19. The molecule has 3 aromatic heterocycles. The average Bonchev–Trinajstić information content (AvgIpc) is 3.56. The third-order valence-corrected chi connectivity index (χ3v) is 8.32. The van der Waals surface area contributed by atoms with E-state index in [-0.39, 0.29) is 0 Å². The highest BCUT2D eigenvalue weighted by molar-refractivity contribution is 7.26. The molecule has 8 aromatic rings. The largest absolute Gasteiger partial charge is 0.308 e. The SMILES string of the molecule is c1ccc(-n2c3ccccc3c3c4ccc5c6ccccc6n(-c6ccccc6)c5c4sc32)cc1. The number of fused-ring (bicyclic) bond motifs is 9. The van der Waals surface area contributed by atoms with Crippen molar-refractivity contribution in [3.63, 3.8) is 0 Å². The maximum Gasteiger partial charge on any atom is 0.109 e. The molecule has 0 saturated heterocycles. The van der Waals surface area contributed by atoms with Crippen molar-refractivity contribution in [2.24, 2.45) is 0 Å². The second-order valence-corrected chi connectivity index (χ2v) is 10.00. The van der Waals surface area contributed by atoms with E-state index in [4.69, 9.17) is 0 Å². The molecule has 0 atom stereocenters. The molecule has 0 radical (unpaired) electrons. The summed E-state index contributed by atoms with van der Waals surface area (Å²) in [6, 6.07) is 43.7. The molecule has 0 unspecified atom stereocenters. The van der Waals surface area contributed by atoms with Gasteiger partial charge in [0.2, 0.25) is 0 Å². The van der Waals surface area contributed by atoms with Gasteiger partial charge in [0.15, 0.2) is 0 Å². The number of hydrogen-bond donors (Lipinski definition) is 0. The topological polar surface area (TPSA) is 9.86 Å². The predicted molar refractivity (Wildman–Crippen MR) is 151 cm³/mol. The van der Waals surface area contributed by atoms with Crippen LogP contribution in [-0.4, -0.2) is 9.13 Å². The Hall–Kier alpha value is -4.34. The average molecular weight is 465 g/mol. The van der Waals surface area contributed by atoms with Crippen LogP contribution in [0.3, 0.4) is 0 Å². The van der Waals surface area contributed by atoms with Crippen molar-refractivity contribution < 1.29 is 0 Å². The van der Waals surface area contributed by atoms with Crippen molar-refractivity contribution in [3.05, 3.63) is 121 Å². The second kappa shape index (κ2) is 7.08. The van der Waals surface area contributed by atoms with Crippen LogP contribution >= 0.6 is 11.3 Å². The van der Waals surface area contributed by atoms with E-state index >= 15 is 0 Å². The van der Waals surface area contributed by atoms with Crippen LogP contribution in [0.4, 0.5) is 0 Å². The molecule has 0 N–H and O–H groups in total. The molecule has 0 aliphatic rings. The maximum atomic E-state index is 2.44. The van der Waals surface area contributed by atoms with Crippen LogP contribution in [0.25, 0.3) is 64.4 Å². The molecule has 0 amide bonds. The zero-order valence-corrected chi connectivity index (χ0v) is 19.7. The van der Waals surface area contributed by atoms with E-state index in [1.54, 1.807) is 0 Å². The first-order chi connectivity index (χ1) is 17.4. The summed E-state index contributed by atoms with van der Waals surface area (Å²) in [6.07, 6.45) is 0. The van der Waals surface area contributed by atoms with Gasteiger partial charge in [-0.1, -0.05) is 84.9 Å². The molecule has 0 bridgehead atoms. The lowest BCUT2D eigenvalue weighted by molar-refractivity contribution is 1.19. The highest BCUT2D eigenvalue weighted by atomic mass is 32.1. The van der Waals surface area contributed by atoms with Crippen LogP contribution in [0, 0.1) is 0 Å². The van der Waals surface area contributed by atoms with E-state index in [0.717, 1.165) is 0 Å². The minimum absolute atomic E-state index is 1.19. The summed E-state index contributed by atoms with van der Waals surface area (Å²) in [5.41, 5.74) is 6.19. The first-order valence-corrected chi connectivity index (χ1v) is 12.7. The number of hydrogen-bond acceptors (Lipinski definition) is 1. The standard InChI is InChI=1S/C32H20N2S/c1-3-11-21(12-4-1)33-27-17-9-7-15-23(27)24-19-20-26-29-25-16-8-10-18-28(25)34(22-13-5-2-6-14-22)32(29)35-31(26)30(24)33/h1-20H. The molecule has 0 fully saturated rings. The fourth-order valence-electron chi connectivity index (χ4n) is 5.68. The van der Waals surface area contributed by atoms with Gasteiger partial charge in [-0.15, -0.1) is 11.3 Å². The van der Waals surface area contributed by atoms with Gasteiger partial charge >= 0.3 is 0 Å². The molecule has 35 heavy (non-hydrogen) atoms. The van der Waals surface area contributed by atoms with Crippen LogP contribution in [0.2, 0.25) is 0 Å². The van der Waals surface area contributed by atoms with E-state index in [2.05, 4.69) is 130 Å². The van der Waals surface area contributed by atoms with Gasteiger partial charge in [-0.05, 0) is 36.4 Å². The van der Waals surface area contributed by atoms with Crippen LogP contribution in [0.15, 0.2) is 121 Å².